The van der Waals surface area contributed by atoms with Crippen LogP contribution in [0.15, 0.2) is 48.2 Å². The number of para-hydroxylation sites is 1. The molecular weight excluding hydrogens is 359 g/mol. The van der Waals surface area contributed by atoms with Gasteiger partial charge in [-0.1, -0.05) is 18.2 Å². The van der Waals surface area contributed by atoms with Crippen molar-refractivity contribution in [1.29, 1.82) is 0 Å². The number of nitrogens with two attached hydrogens (primary N) is 1. The standard InChI is InChI=1S/C21H21BF2N3O/c1-14-13-16(9-8-15-5-2-3-7-19(15)28-21(23)24)26-20(14)17(10-11-25)18-6-4-12-27(18)22/h2-9,12-13,21,26H,10-11,25H2,1H3/q+1/b9-8+. The molecule has 0 bridgehead atoms. The molecule has 4 nitrogen and oxygen atoms in total. The number of aryl methyl sites for hydroxylation is 1. The van der Waals surface area contributed by atoms with E-state index in [0.29, 0.717) is 18.5 Å². The zero-order valence-electron chi connectivity index (χ0n) is 15.5. The quantitative estimate of drug-likeness (QED) is 0.717. The number of aromatic amines is 1. The average molecular weight is 380 g/mol. The molecule has 0 saturated carbocycles. The maximum Gasteiger partial charge on any atom is 0.586 e. The van der Waals surface area contributed by atoms with E-state index < -0.39 is 6.61 Å². The van der Waals surface area contributed by atoms with Crippen molar-refractivity contribution in [2.75, 3.05) is 6.54 Å². The number of nitrogens with one attached hydrogen (secondary N) is 1. The molecule has 142 valence electrons. The SMILES string of the molecule is [B][N+]1=CC=CC1=C(CCN)c1[nH]c(/C=C/c2ccccc2OC(F)F)cc1C. The zero-order chi connectivity index (χ0) is 20.1. The Morgan fingerprint density at radius 3 is 2.79 bits per heavy atom. The number of nitrogens with zero attached hydrogens (tertiary/aromatic N) is 1. The maximum atomic E-state index is 12.6. The molecule has 0 fully saturated rings. The Kier molecular flexibility index (Phi) is 6.26. The molecule has 1 aromatic heterocycles. The largest absolute Gasteiger partial charge is 0.586 e. The Labute approximate surface area is 164 Å². The van der Waals surface area contributed by atoms with Crippen LogP contribution in [-0.2, 0) is 0 Å². The van der Waals surface area contributed by atoms with Crippen LogP contribution in [0, 0.1) is 6.92 Å². The molecule has 2 radical (unpaired) electrons. The van der Waals surface area contributed by atoms with Crippen molar-refractivity contribution < 1.29 is 18.0 Å². The van der Waals surface area contributed by atoms with Gasteiger partial charge in [0.1, 0.15) is 12.0 Å². The minimum atomic E-state index is -2.87. The van der Waals surface area contributed by atoms with Crippen LogP contribution in [0.3, 0.4) is 0 Å². The van der Waals surface area contributed by atoms with Crippen molar-refractivity contribution in [2.24, 2.45) is 5.73 Å². The Morgan fingerprint density at radius 1 is 1.32 bits per heavy atom. The molecular formula is C21H21BF2N3O+. The zero-order valence-corrected chi connectivity index (χ0v) is 15.5. The number of hydrogen-bond donors (Lipinski definition) is 2. The smallest absolute Gasteiger partial charge is 0.434 e. The summed E-state index contributed by atoms with van der Waals surface area (Å²) in [6.07, 6.45) is 9.83. The van der Waals surface area contributed by atoms with Crippen LogP contribution < -0.4 is 10.5 Å². The topological polar surface area (TPSA) is 54.0 Å². The number of hydrogen-bond acceptors (Lipinski definition) is 2. The fourth-order valence-corrected chi connectivity index (χ4v) is 3.16. The number of allylic oxidation sites excluding steroid dienone is 2. The molecule has 0 aliphatic carbocycles. The highest BCUT2D eigenvalue weighted by Gasteiger charge is 2.20. The Morgan fingerprint density at radius 2 is 2.11 bits per heavy atom. The lowest BCUT2D eigenvalue weighted by atomic mass is 10.0. The van der Waals surface area contributed by atoms with Crippen molar-refractivity contribution in [3.8, 4) is 5.75 Å². The molecule has 1 aliphatic rings. The summed E-state index contributed by atoms with van der Waals surface area (Å²) in [6, 6.07) is 8.65. The lowest BCUT2D eigenvalue weighted by Crippen LogP contribution is -2.09. The Bertz CT molecular complexity index is 974. The number of halogens is 2. The lowest BCUT2D eigenvalue weighted by molar-refractivity contribution is -0.294. The lowest BCUT2D eigenvalue weighted by Gasteiger charge is -2.08. The second kappa shape index (κ2) is 8.84. The van der Waals surface area contributed by atoms with Gasteiger partial charge in [0.2, 0.25) is 0 Å². The summed E-state index contributed by atoms with van der Waals surface area (Å²) in [5.74, 6) is 0.133. The molecule has 0 saturated heterocycles. The minimum absolute atomic E-state index is 0.133. The van der Waals surface area contributed by atoms with Gasteiger partial charge in [0.15, 0.2) is 5.70 Å². The first-order chi connectivity index (χ1) is 13.5. The first-order valence-electron chi connectivity index (χ1n) is 8.90. The van der Waals surface area contributed by atoms with Gasteiger partial charge < -0.3 is 15.5 Å². The number of H-pyrrole nitrogens is 1. The molecule has 0 amide bonds. The van der Waals surface area contributed by atoms with E-state index >= 15 is 0 Å². The van der Waals surface area contributed by atoms with Gasteiger partial charge in [0, 0.05) is 29.0 Å². The molecule has 3 rings (SSSR count). The molecule has 0 atom stereocenters. The molecule has 0 spiro atoms. The molecule has 2 heterocycles. The Hall–Kier alpha value is -2.93. The van der Waals surface area contributed by atoms with Crippen LogP contribution in [0.4, 0.5) is 8.78 Å². The number of ether oxygens (including phenoxy) is 1. The molecule has 3 N–H and O–H groups in total. The average Bonchev–Trinajstić information content (AvgIpc) is 3.24. The summed E-state index contributed by atoms with van der Waals surface area (Å²) in [6.45, 7) is -0.380. The second-order valence-corrected chi connectivity index (χ2v) is 6.35. The van der Waals surface area contributed by atoms with E-state index in [-0.39, 0.29) is 5.75 Å². The van der Waals surface area contributed by atoms with Crippen molar-refractivity contribution in [3.63, 3.8) is 0 Å². The summed E-state index contributed by atoms with van der Waals surface area (Å²) in [4.78, 5) is 3.38. The summed E-state index contributed by atoms with van der Waals surface area (Å²) in [7, 11) is 6.01. The molecule has 2 aromatic rings. The highest BCUT2D eigenvalue weighted by molar-refractivity contribution is 6.01. The van der Waals surface area contributed by atoms with Gasteiger partial charge in [0.25, 0.3) is 0 Å². The second-order valence-electron chi connectivity index (χ2n) is 6.35. The van der Waals surface area contributed by atoms with Crippen molar-refractivity contribution in [1.82, 2.24) is 4.98 Å². The molecule has 7 heteroatoms. The number of benzene rings is 1. The number of rotatable bonds is 7. The first kappa shape index (κ1) is 19.8. The van der Waals surface area contributed by atoms with Gasteiger partial charge in [-0.25, -0.2) is 0 Å². The number of alkyl halides is 2. The van der Waals surface area contributed by atoms with E-state index in [1.165, 1.54) is 6.07 Å². The van der Waals surface area contributed by atoms with Gasteiger partial charge in [-0.05, 0) is 49.7 Å². The summed E-state index contributed by atoms with van der Waals surface area (Å²) in [5.41, 5.74) is 11.1. The van der Waals surface area contributed by atoms with Gasteiger partial charge in [-0.2, -0.15) is 8.78 Å². The normalized spacial score (nSPS) is 15.5. The van der Waals surface area contributed by atoms with Crippen LogP contribution in [-0.4, -0.2) is 36.8 Å². The third-order valence-corrected chi connectivity index (χ3v) is 4.40. The van der Waals surface area contributed by atoms with Crippen LogP contribution in [0.5, 0.6) is 5.75 Å². The minimum Gasteiger partial charge on any atom is -0.434 e. The monoisotopic (exact) mass is 380 g/mol. The first-order valence-corrected chi connectivity index (χ1v) is 8.90. The fourth-order valence-electron chi connectivity index (χ4n) is 3.16. The Balaban J connectivity index is 1.92. The van der Waals surface area contributed by atoms with Crippen molar-refractivity contribution >= 4 is 31.9 Å². The van der Waals surface area contributed by atoms with Gasteiger partial charge in [-0.3, -0.25) is 4.49 Å². The van der Waals surface area contributed by atoms with Crippen LogP contribution in [0.1, 0.15) is 28.9 Å². The molecule has 1 aromatic carbocycles. The molecule has 1 aliphatic heterocycles. The molecule has 28 heavy (non-hydrogen) atoms. The van der Waals surface area contributed by atoms with Crippen LogP contribution in [0.25, 0.3) is 17.7 Å². The van der Waals surface area contributed by atoms with E-state index in [4.69, 9.17) is 13.7 Å². The van der Waals surface area contributed by atoms with E-state index in [2.05, 4.69) is 9.72 Å². The highest BCUT2D eigenvalue weighted by Crippen LogP contribution is 2.28. The van der Waals surface area contributed by atoms with Gasteiger partial charge >= 0.3 is 14.6 Å². The summed E-state index contributed by atoms with van der Waals surface area (Å²) >= 11 is 0. The highest BCUT2D eigenvalue weighted by atomic mass is 19.3. The third-order valence-electron chi connectivity index (χ3n) is 4.40. The van der Waals surface area contributed by atoms with E-state index in [1.807, 2.05) is 31.2 Å². The van der Waals surface area contributed by atoms with Gasteiger partial charge in [-0.15, -0.1) is 0 Å². The fraction of sp³-hybridized carbons (Fsp3) is 0.190. The van der Waals surface area contributed by atoms with E-state index in [0.717, 1.165) is 28.2 Å². The predicted molar refractivity (Wildman–Crippen MR) is 109 cm³/mol. The van der Waals surface area contributed by atoms with Gasteiger partial charge in [0.05, 0.1) is 5.69 Å². The summed E-state index contributed by atoms with van der Waals surface area (Å²) < 4.78 is 31.3. The number of aromatic nitrogens is 1. The predicted octanol–water partition coefficient (Wildman–Crippen LogP) is 3.89. The van der Waals surface area contributed by atoms with Crippen molar-refractivity contribution in [2.45, 2.75) is 20.0 Å². The van der Waals surface area contributed by atoms with E-state index in [1.54, 1.807) is 35.0 Å². The van der Waals surface area contributed by atoms with Crippen LogP contribution >= 0.6 is 0 Å². The molecule has 0 unspecified atom stereocenters. The van der Waals surface area contributed by atoms with Crippen LogP contribution in [0.2, 0.25) is 0 Å². The maximum absolute atomic E-state index is 12.6. The van der Waals surface area contributed by atoms with Crippen molar-refractivity contribution in [3.05, 3.63) is 70.7 Å². The third kappa shape index (κ3) is 4.48. The van der Waals surface area contributed by atoms with E-state index in [9.17, 15) is 8.78 Å². The summed E-state index contributed by atoms with van der Waals surface area (Å²) in [5, 5.41) is 0.